The molecule has 1 aliphatic rings. The molecule has 130 valence electrons. The fraction of sp³-hybridized carbons (Fsp3) is 0.278. The molecule has 0 N–H and O–H groups in total. The van der Waals surface area contributed by atoms with Crippen LogP contribution in [0.5, 0.6) is 11.5 Å². The number of nitro groups is 1. The van der Waals surface area contributed by atoms with Crippen molar-refractivity contribution in [2.24, 2.45) is 0 Å². The number of ether oxygens (including phenoxy) is 2. The van der Waals surface area contributed by atoms with Crippen LogP contribution in [0.2, 0.25) is 0 Å². The lowest BCUT2D eigenvalue weighted by molar-refractivity contribution is -0.385. The molecule has 25 heavy (non-hydrogen) atoms. The highest BCUT2D eigenvalue weighted by Gasteiger charge is 2.22. The molecule has 1 amide bonds. The molecule has 0 saturated heterocycles. The standard InChI is InChI=1S/C18H18N2O5/c1-24-15-6-7-17(16(10-15)20(22)23)25-12-18(21)19-9-8-13-4-2-3-5-14(13)11-19/h2-7,10H,8-9,11-12H2,1H3. The smallest absolute Gasteiger partial charge is 0.314 e. The molecule has 0 fully saturated rings. The van der Waals surface area contributed by atoms with Crippen molar-refractivity contribution < 1.29 is 19.2 Å². The molecule has 0 radical (unpaired) electrons. The normalized spacial score (nSPS) is 13.1. The van der Waals surface area contributed by atoms with Gasteiger partial charge in [-0.3, -0.25) is 14.9 Å². The van der Waals surface area contributed by atoms with E-state index in [1.165, 1.54) is 24.8 Å². The third-order valence-electron chi connectivity index (χ3n) is 4.20. The summed E-state index contributed by atoms with van der Waals surface area (Å²) in [6.45, 7) is 0.905. The van der Waals surface area contributed by atoms with Gasteiger partial charge in [0.2, 0.25) is 0 Å². The summed E-state index contributed by atoms with van der Waals surface area (Å²) >= 11 is 0. The second kappa shape index (κ2) is 7.21. The molecule has 0 aromatic heterocycles. The second-order valence-corrected chi connectivity index (χ2v) is 5.71. The number of carbonyl (C=O) groups is 1. The Morgan fingerprint density at radius 2 is 2.00 bits per heavy atom. The van der Waals surface area contributed by atoms with Crippen LogP contribution < -0.4 is 9.47 Å². The first-order valence-electron chi connectivity index (χ1n) is 7.88. The van der Waals surface area contributed by atoms with Crippen molar-refractivity contribution in [2.75, 3.05) is 20.3 Å². The van der Waals surface area contributed by atoms with Crippen LogP contribution >= 0.6 is 0 Å². The van der Waals surface area contributed by atoms with Crippen molar-refractivity contribution in [3.05, 3.63) is 63.7 Å². The van der Waals surface area contributed by atoms with Crippen molar-refractivity contribution in [1.29, 1.82) is 0 Å². The molecule has 0 saturated carbocycles. The Balaban J connectivity index is 1.66. The first kappa shape index (κ1) is 16.8. The molecule has 0 atom stereocenters. The Bertz CT molecular complexity index is 806. The number of hydrogen-bond acceptors (Lipinski definition) is 5. The van der Waals surface area contributed by atoms with Crippen LogP contribution in [0.1, 0.15) is 11.1 Å². The highest BCUT2D eigenvalue weighted by atomic mass is 16.6. The van der Waals surface area contributed by atoms with E-state index < -0.39 is 4.92 Å². The summed E-state index contributed by atoms with van der Waals surface area (Å²) in [6.07, 6.45) is 0.796. The fourth-order valence-corrected chi connectivity index (χ4v) is 2.83. The molecule has 1 heterocycles. The number of fused-ring (bicyclic) bond motifs is 1. The van der Waals surface area contributed by atoms with Gasteiger partial charge in [0.1, 0.15) is 5.75 Å². The summed E-state index contributed by atoms with van der Waals surface area (Å²) < 4.78 is 10.4. The predicted molar refractivity (Wildman–Crippen MR) is 90.7 cm³/mol. The van der Waals surface area contributed by atoms with Crippen molar-refractivity contribution in [1.82, 2.24) is 4.90 Å². The van der Waals surface area contributed by atoms with Crippen molar-refractivity contribution in [3.63, 3.8) is 0 Å². The monoisotopic (exact) mass is 342 g/mol. The van der Waals surface area contributed by atoms with E-state index in [9.17, 15) is 14.9 Å². The number of carbonyl (C=O) groups excluding carboxylic acids is 1. The zero-order chi connectivity index (χ0) is 17.8. The van der Waals surface area contributed by atoms with Gasteiger partial charge in [-0.1, -0.05) is 24.3 Å². The average Bonchev–Trinajstić information content (AvgIpc) is 2.65. The minimum Gasteiger partial charge on any atom is -0.496 e. The summed E-state index contributed by atoms with van der Waals surface area (Å²) in [5.41, 5.74) is 2.15. The van der Waals surface area contributed by atoms with Crippen LogP contribution in [0, 0.1) is 10.1 Å². The number of rotatable bonds is 5. The highest BCUT2D eigenvalue weighted by Crippen LogP contribution is 2.31. The largest absolute Gasteiger partial charge is 0.496 e. The summed E-state index contributed by atoms with van der Waals surface area (Å²) in [6, 6.07) is 12.3. The summed E-state index contributed by atoms with van der Waals surface area (Å²) in [5.74, 6) is 0.217. The summed E-state index contributed by atoms with van der Waals surface area (Å²) in [5, 5.41) is 11.1. The first-order valence-corrected chi connectivity index (χ1v) is 7.88. The van der Waals surface area contributed by atoms with Crippen molar-refractivity contribution >= 4 is 11.6 Å². The van der Waals surface area contributed by atoms with Crippen LogP contribution in [0.4, 0.5) is 5.69 Å². The molecular weight excluding hydrogens is 324 g/mol. The van der Waals surface area contributed by atoms with E-state index in [1.54, 1.807) is 11.0 Å². The van der Waals surface area contributed by atoms with Gasteiger partial charge in [0.25, 0.3) is 5.91 Å². The lowest BCUT2D eigenvalue weighted by Crippen LogP contribution is -2.38. The van der Waals surface area contributed by atoms with E-state index >= 15 is 0 Å². The zero-order valence-electron chi connectivity index (χ0n) is 13.8. The lowest BCUT2D eigenvalue weighted by Gasteiger charge is -2.28. The molecular formula is C18H18N2O5. The predicted octanol–water partition coefficient (Wildman–Crippen LogP) is 2.57. The number of nitrogens with zero attached hydrogens (tertiary/aromatic N) is 2. The van der Waals surface area contributed by atoms with Crippen LogP contribution in [-0.2, 0) is 17.8 Å². The topological polar surface area (TPSA) is 81.9 Å². The maximum absolute atomic E-state index is 12.4. The van der Waals surface area contributed by atoms with Crippen LogP contribution in [-0.4, -0.2) is 36.0 Å². The van der Waals surface area contributed by atoms with E-state index in [1.807, 2.05) is 18.2 Å². The molecule has 1 aliphatic heterocycles. The zero-order valence-corrected chi connectivity index (χ0v) is 13.8. The Labute approximate surface area is 144 Å². The van der Waals surface area contributed by atoms with E-state index in [0.29, 0.717) is 18.8 Å². The van der Waals surface area contributed by atoms with Crippen LogP contribution in [0.15, 0.2) is 42.5 Å². The van der Waals surface area contributed by atoms with Crippen molar-refractivity contribution in [2.45, 2.75) is 13.0 Å². The Kier molecular flexibility index (Phi) is 4.83. The van der Waals surface area contributed by atoms with Gasteiger partial charge in [0, 0.05) is 13.1 Å². The minimum atomic E-state index is -0.556. The average molecular weight is 342 g/mol. The Morgan fingerprint density at radius 3 is 2.72 bits per heavy atom. The molecule has 0 aliphatic carbocycles. The summed E-state index contributed by atoms with van der Waals surface area (Å²) in [4.78, 5) is 24.7. The molecule has 3 rings (SSSR count). The molecule has 7 heteroatoms. The molecule has 7 nitrogen and oxygen atoms in total. The first-order chi connectivity index (χ1) is 12.1. The molecule has 0 bridgehead atoms. The van der Waals surface area contributed by atoms with E-state index in [2.05, 4.69) is 6.07 Å². The van der Waals surface area contributed by atoms with Gasteiger partial charge in [0.05, 0.1) is 18.1 Å². The maximum atomic E-state index is 12.4. The minimum absolute atomic E-state index is 0.0524. The van der Waals surface area contributed by atoms with Gasteiger partial charge < -0.3 is 14.4 Å². The van der Waals surface area contributed by atoms with Gasteiger partial charge >= 0.3 is 5.69 Å². The third kappa shape index (κ3) is 3.71. The number of amides is 1. The number of nitro benzene ring substituents is 1. The maximum Gasteiger partial charge on any atom is 0.314 e. The van der Waals surface area contributed by atoms with Gasteiger partial charge in [-0.15, -0.1) is 0 Å². The number of benzene rings is 2. The third-order valence-corrected chi connectivity index (χ3v) is 4.20. The molecule has 0 unspecified atom stereocenters. The van der Waals surface area contributed by atoms with Crippen molar-refractivity contribution in [3.8, 4) is 11.5 Å². The Morgan fingerprint density at radius 1 is 1.24 bits per heavy atom. The Hall–Kier alpha value is -3.09. The van der Waals surface area contributed by atoms with E-state index in [4.69, 9.17) is 9.47 Å². The SMILES string of the molecule is COc1ccc(OCC(=O)N2CCc3ccccc3C2)c([N+](=O)[O-])c1. The quantitative estimate of drug-likeness (QED) is 0.616. The van der Waals surface area contributed by atoms with Gasteiger partial charge in [-0.2, -0.15) is 0 Å². The summed E-state index contributed by atoms with van der Waals surface area (Å²) in [7, 11) is 1.43. The highest BCUT2D eigenvalue weighted by molar-refractivity contribution is 5.78. The van der Waals surface area contributed by atoms with Crippen LogP contribution in [0.25, 0.3) is 0 Å². The number of hydrogen-bond donors (Lipinski definition) is 0. The van der Waals surface area contributed by atoms with E-state index in [0.717, 1.165) is 12.0 Å². The number of methoxy groups -OCH3 is 1. The van der Waals surface area contributed by atoms with Crippen LogP contribution in [0.3, 0.4) is 0 Å². The lowest BCUT2D eigenvalue weighted by atomic mass is 10.00. The van der Waals surface area contributed by atoms with Gasteiger partial charge in [-0.05, 0) is 29.7 Å². The second-order valence-electron chi connectivity index (χ2n) is 5.71. The molecule has 2 aromatic rings. The van der Waals surface area contributed by atoms with Gasteiger partial charge in [-0.25, -0.2) is 0 Å². The molecule has 0 spiro atoms. The van der Waals surface area contributed by atoms with E-state index in [-0.39, 0.29) is 24.0 Å². The fourth-order valence-electron chi connectivity index (χ4n) is 2.83. The molecule has 2 aromatic carbocycles. The van der Waals surface area contributed by atoms with Gasteiger partial charge in [0.15, 0.2) is 12.4 Å².